The number of unbranched alkanes of at least 4 members (excludes halogenated alkanes) is 3. The third-order valence-corrected chi connectivity index (χ3v) is 5.84. The van der Waals surface area contributed by atoms with Crippen LogP contribution in [0.2, 0.25) is 0 Å². The van der Waals surface area contributed by atoms with E-state index < -0.39 is 6.16 Å². The van der Waals surface area contributed by atoms with E-state index in [4.69, 9.17) is 14.2 Å². The van der Waals surface area contributed by atoms with Gasteiger partial charge >= 0.3 is 6.16 Å². The number of aromatic nitrogens is 1. The lowest BCUT2D eigenvalue weighted by molar-refractivity contribution is -0.944. The highest BCUT2D eigenvalue weighted by Crippen LogP contribution is 2.33. The number of hydrogen-bond donors (Lipinski definition) is 0. The summed E-state index contributed by atoms with van der Waals surface area (Å²) in [6, 6.07) is 0. The smallest absolute Gasteiger partial charge is 0.490 e. The Morgan fingerprint density at radius 3 is 2.82 bits per heavy atom. The van der Waals surface area contributed by atoms with Crippen molar-refractivity contribution >= 4 is 23.3 Å². The van der Waals surface area contributed by atoms with Gasteiger partial charge in [0.2, 0.25) is 6.23 Å². The number of carbonyl (C=O) groups is 1. The van der Waals surface area contributed by atoms with E-state index in [-0.39, 0.29) is 6.23 Å². The van der Waals surface area contributed by atoms with Gasteiger partial charge in [0.15, 0.2) is 5.75 Å². The first kappa shape index (κ1) is 22.7. The number of nitrogens with zero attached hydrogens (tertiary/aromatic N) is 2. The van der Waals surface area contributed by atoms with Gasteiger partial charge in [-0.3, -0.25) is 4.48 Å². The molecule has 0 spiro atoms. The molecule has 0 fully saturated rings. The van der Waals surface area contributed by atoms with Gasteiger partial charge in [0, 0.05) is 18.9 Å². The Bertz CT molecular complexity index is 646. The Hall–Kier alpha value is -1.60. The molecule has 158 valence electrons. The Labute approximate surface area is 173 Å². The molecule has 0 radical (unpaired) electrons. The highest BCUT2D eigenvalue weighted by atomic mass is 32.1. The maximum atomic E-state index is 11.9. The van der Waals surface area contributed by atoms with E-state index in [0.29, 0.717) is 11.1 Å². The Kier molecular flexibility index (Phi) is 9.25. The summed E-state index contributed by atoms with van der Waals surface area (Å²) in [7, 11) is 2.11. The van der Waals surface area contributed by atoms with Crippen molar-refractivity contribution in [2.24, 2.45) is 0 Å². The van der Waals surface area contributed by atoms with E-state index in [1.165, 1.54) is 30.8 Å². The number of carbonyl (C=O) groups excluding carboxylic acids is 1. The molecule has 0 N–H and O–H groups in total. The van der Waals surface area contributed by atoms with Crippen LogP contribution in [0.15, 0.2) is 11.5 Å². The molecule has 28 heavy (non-hydrogen) atoms. The van der Waals surface area contributed by atoms with E-state index in [1.54, 1.807) is 0 Å². The summed E-state index contributed by atoms with van der Waals surface area (Å²) in [6.45, 7) is 8.87. The van der Waals surface area contributed by atoms with Crippen molar-refractivity contribution in [3.63, 3.8) is 0 Å². The van der Waals surface area contributed by atoms with Crippen LogP contribution in [0.1, 0.15) is 65.0 Å². The number of ether oxygens (including phenoxy) is 3. The van der Waals surface area contributed by atoms with Gasteiger partial charge in [0.25, 0.3) is 0 Å². The second kappa shape index (κ2) is 11.4. The molecule has 0 aromatic carbocycles. The van der Waals surface area contributed by atoms with Crippen molar-refractivity contribution in [2.75, 3.05) is 33.4 Å². The minimum absolute atomic E-state index is 0.287. The SMILES string of the molecule is CCCCCCOc1csnc1C1=CCC[N+](C)(C(C)OC(=O)OCCC)C1. The molecule has 1 aromatic rings. The van der Waals surface area contributed by atoms with Crippen molar-refractivity contribution in [3.8, 4) is 5.75 Å². The van der Waals surface area contributed by atoms with Crippen molar-refractivity contribution in [1.82, 2.24) is 4.37 Å². The van der Waals surface area contributed by atoms with E-state index in [0.717, 1.165) is 56.0 Å². The highest BCUT2D eigenvalue weighted by Gasteiger charge is 2.36. The number of hydrogen-bond acceptors (Lipinski definition) is 6. The van der Waals surface area contributed by atoms with E-state index in [2.05, 4.69) is 24.4 Å². The fraction of sp³-hybridized carbons (Fsp3) is 0.714. The molecular formula is C21H35N2O4S+. The topological polar surface area (TPSA) is 57.7 Å². The molecule has 1 aromatic heterocycles. The lowest BCUT2D eigenvalue weighted by atomic mass is 10.0. The zero-order valence-corrected chi connectivity index (χ0v) is 18.6. The van der Waals surface area contributed by atoms with Gasteiger partial charge in [-0.25, -0.2) is 4.79 Å². The summed E-state index contributed by atoms with van der Waals surface area (Å²) in [5.41, 5.74) is 2.10. The van der Waals surface area contributed by atoms with Gasteiger partial charge in [-0.15, -0.1) is 0 Å². The molecule has 1 aliphatic rings. The van der Waals surface area contributed by atoms with Crippen molar-refractivity contribution in [3.05, 3.63) is 17.2 Å². The fourth-order valence-corrected chi connectivity index (χ4v) is 3.93. The van der Waals surface area contributed by atoms with Crippen LogP contribution in [0.3, 0.4) is 0 Å². The quantitative estimate of drug-likeness (QED) is 0.283. The lowest BCUT2D eigenvalue weighted by Gasteiger charge is -2.41. The Morgan fingerprint density at radius 1 is 1.25 bits per heavy atom. The highest BCUT2D eigenvalue weighted by molar-refractivity contribution is 7.04. The first-order chi connectivity index (χ1) is 13.5. The maximum absolute atomic E-state index is 11.9. The predicted molar refractivity (Wildman–Crippen MR) is 112 cm³/mol. The largest absolute Gasteiger partial charge is 0.512 e. The molecule has 2 unspecified atom stereocenters. The fourth-order valence-electron chi connectivity index (χ4n) is 3.29. The average Bonchev–Trinajstić information content (AvgIpc) is 3.15. The van der Waals surface area contributed by atoms with Crippen LogP contribution in [0.25, 0.3) is 5.57 Å². The van der Waals surface area contributed by atoms with Crippen molar-refractivity contribution in [1.29, 1.82) is 0 Å². The first-order valence-corrected chi connectivity index (χ1v) is 11.3. The van der Waals surface area contributed by atoms with Crippen molar-refractivity contribution in [2.45, 2.75) is 65.5 Å². The van der Waals surface area contributed by atoms with Gasteiger partial charge < -0.3 is 14.2 Å². The van der Waals surface area contributed by atoms with Gasteiger partial charge in [-0.1, -0.05) is 39.2 Å². The molecule has 0 saturated carbocycles. The van der Waals surface area contributed by atoms with Crippen LogP contribution in [0.4, 0.5) is 4.79 Å². The number of quaternary nitrogens is 1. The van der Waals surface area contributed by atoms with E-state index in [9.17, 15) is 4.79 Å². The molecule has 0 saturated heterocycles. The van der Waals surface area contributed by atoms with Crippen LogP contribution in [0.5, 0.6) is 5.75 Å². The van der Waals surface area contributed by atoms with Gasteiger partial charge in [-0.05, 0) is 24.4 Å². The standard InChI is InChI=1S/C21H35N2O4S/c1-5-7-8-9-14-25-19-16-28-22-20(19)18-11-10-12-23(4,15-18)17(3)27-21(24)26-13-6-2/h11,16-17H,5-10,12-15H2,1-4H3/q+1. The lowest BCUT2D eigenvalue weighted by Crippen LogP contribution is -2.55. The van der Waals surface area contributed by atoms with Crippen molar-refractivity contribution < 1.29 is 23.5 Å². The van der Waals surface area contributed by atoms with Gasteiger partial charge in [0.1, 0.15) is 12.2 Å². The summed E-state index contributed by atoms with van der Waals surface area (Å²) in [5, 5.41) is 1.98. The zero-order chi connectivity index (χ0) is 20.4. The zero-order valence-electron chi connectivity index (χ0n) is 17.7. The molecule has 7 heteroatoms. The summed E-state index contributed by atoms with van der Waals surface area (Å²) < 4.78 is 21.8. The first-order valence-electron chi connectivity index (χ1n) is 10.4. The Morgan fingerprint density at radius 2 is 2.07 bits per heavy atom. The molecule has 0 amide bonds. The number of rotatable bonds is 11. The molecular weight excluding hydrogens is 376 g/mol. The monoisotopic (exact) mass is 411 g/mol. The van der Waals surface area contributed by atoms with E-state index in [1.807, 2.05) is 19.2 Å². The predicted octanol–water partition coefficient (Wildman–Crippen LogP) is 5.25. The minimum Gasteiger partial charge on any atom is -0.490 e. The second-order valence-corrected chi connectivity index (χ2v) is 8.26. The Balaban J connectivity index is 1.96. The van der Waals surface area contributed by atoms with Crippen LogP contribution in [-0.2, 0) is 9.47 Å². The van der Waals surface area contributed by atoms with Crippen LogP contribution in [0, 0.1) is 0 Å². The molecule has 2 atom stereocenters. The summed E-state index contributed by atoms with van der Waals surface area (Å²) in [6.07, 6.45) is 7.80. The van der Waals surface area contributed by atoms with E-state index >= 15 is 0 Å². The van der Waals surface area contributed by atoms with Crippen LogP contribution in [-0.4, -0.2) is 54.6 Å². The minimum atomic E-state index is -0.588. The second-order valence-electron chi connectivity index (χ2n) is 7.63. The summed E-state index contributed by atoms with van der Waals surface area (Å²) in [5.74, 6) is 0.872. The van der Waals surface area contributed by atoms with Gasteiger partial charge in [-0.2, -0.15) is 4.37 Å². The summed E-state index contributed by atoms with van der Waals surface area (Å²) >= 11 is 1.43. The molecule has 2 heterocycles. The molecule has 0 aliphatic carbocycles. The average molecular weight is 412 g/mol. The third-order valence-electron chi connectivity index (χ3n) is 5.23. The van der Waals surface area contributed by atoms with Gasteiger partial charge in [0.05, 0.1) is 32.2 Å². The summed E-state index contributed by atoms with van der Waals surface area (Å²) in [4.78, 5) is 11.9. The van der Waals surface area contributed by atoms with Crippen LogP contribution < -0.4 is 4.74 Å². The third kappa shape index (κ3) is 6.48. The number of likely N-dealkylation sites (N-methyl/N-ethyl adjacent to an activating group) is 1. The van der Waals surface area contributed by atoms with Crippen LogP contribution >= 0.6 is 11.5 Å². The molecule has 6 nitrogen and oxygen atoms in total. The molecule has 1 aliphatic heterocycles. The maximum Gasteiger partial charge on any atom is 0.512 e. The molecule has 2 rings (SSSR count). The normalized spacial score (nSPS) is 20.4. The molecule has 0 bridgehead atoms.